The maximum atomic E-state index is 11.4. The number of esters is 1. The largest absolute Gasteiger partial charge is 0.507 e. The van der Waals surface area contributed by atoms with Crippen molar-refractivity contribution in [3.63, 3.8) is 0 Å². The second-order valence-corrected chi connectivity index (χ2v) is 3.25. The summed E-state index contributed by atoms with van der Waals surface area (Å²) in [6.45, 7) is 3.42. The van der Waals surface area contributed by atoms with Gasteiger partial charge in [-0.15, -0.1) is 0 Å². The van der Waals surface area contributed by atoms with Crippen molar-refractivity contribution in [1.82, 2.24) is 0 Å². The zero-order valence-electron chi connectivity index (χ0n) is 9.23. The molecule has 1 rings (SSSR count). The van der Waals surface area contributed by atoms with E-state index in [0.717, 1.165) is 0 Å². The summed E-state index contributed by atoms with van der Waals surface area (Å²) >= 11 is 0. The minimum atomic E-state index is -0.629. The van der Waals surface area contributed by atoms with E-state index in [1.165, 1.54) is 13.2 Å². The van der Waals surface area contributed by atoms with E-state index in [1.54, 1.807) is 13.8 Å². The first kappa shape index (κ1) is 12.0. The maximum absolute atomic E-state index is 11.4. The molecule has 0 aliphatic rings. The Kier molecular flexibility index (Phi) is 3.50. The van der Waals surface area contributed by atoms with E-state index >= 15 is 0 Å². The lowest BCUT2D eigenvalue weighted by molar-refractivity contribution is -0.120. The summed E-state index contributed by atoms with van der Waals surface area (Å²) in [4.78, 5) is 21.6. The number of phenols is 1. The van der Waals surface area contributed by atoms with Crippen LogP contribution in [-0.2, 0) is 9.53 Å². The molecule has 0 aliphatic heterocycles. The molecule has 1 aromatic carbocycles. The highest BCUT2D eigenvalue weighted by Gasteiger charge is 2.19. The van der Waals surface area contributed by atoms with Gasteiger partial charge in [-0.05, 0) is 25.5 Å². The summed E-state index contributed by atoms with van der Waals surface area (Å²) in [7, 11) is 1.23. The average molecular weight is 224 g/mol. The van der Waals surface area contributed by atoms with Gasteiger partial charge in [0.15, 0.2) is 0 Å². The summed E-state index contributed by atoms with van der Waals surface area (Å²) in [5, 5.41) is 9.79. The molecule has 16 heavy (non-hydrogen) atoms. The molecule has 0 spiro atoms. The third-order valence-corrected chi connectivity index (χ3v) is 2.27. The van der Waals surface area contributed by atoms with E-state index in [4.69, 9.17) is 0 Å². The van der Waals surface area contributed by atoms with Crippen molar-refractivity contribution < 1.29 is 24.2 Å². The summed E-state index contributed by atoms with van der Waals surface area (Å²) in [5.41, 5.74) is 0.878. The van der Waals surface area contributed by atoms with Crippen molar-refractivity contribution in [3.8, 4) is 11.5 Å². The van der Waals surface area contributed by atoms with E-state index in [-0.39, 0.29) is 23.5 Å². The maximum Gasteiger partial charge on any atom is 0.341 e. The van der Waals surface area contributed by atoms with E-state index in [2.05, 4.69) is 9.47 Å². The van der Waals surface area contributed by atoms with Crippen molar-refractivity contribution in [2.24, 2.45) is 0 Å². The van der Waals surface area contributed by atoms with Crippen molar-refractivity contribution >= 4 is 12.4 Å². The normalized spacial score (nSPS) is 9.69. The number of methoxy groups -OCH3 is 1. The number of aryl methyl sites for hydroxylation is 1. The number of hydrogen-bond donors (Lipinski definition) is 1. The van der Waals surface area contributed by atoms with E-state index in [0.29, 0.717) is 11.1 Å². The van der Waals surface area contributed by atoms with E-state index in [9.17, 15) is 14.7 Å². The van der Waals surface area contributed by atoms with Crippen LogP contribution in [0.25, 0.3) is 0 Å². The third kappa shape index (κ3) is 1.98. The molecule has 5 heteroatoms. The lowest BCUT2D eigenvalue weighted by Gasteiger charge is -2.11. The van der Waals surface area contributed by atoms with Crippen LogP contribution in [0.2, 0.25) is 0 Å². The zero-order valence-corrected chi connectivity index (χ0v) is 9.23. The van der Waals surface area contributed by atoms with Crippen molar-refractivity contribution in [2.75, 3.05) is 7.11 Å². The van der Waals surface area contributed by atoms with Gasteiger partial charge in [0.25, 0.3) is 6.47 Å². The van der Waals surface area contributed by atoms with Gasteiger partial charge in [-0.3, -0.25) is 4.79 Å². The molecule has 0 aliphatic carbocycles. The Balaban J connectivity index is 3.39. The number of aromatic hydroxyl groups is 1. The van der Waals surface area contributed by atoms with Crippen LogP contribution in [0.5, 0.6) is 11.5 Å². The van der Waals surface area contributed by atoms with Gasteiger partial charge >= 0.3 is 5.97 Å². The third-order valence-electron chi connectivity index (χ3n) is 2.27. The molecule has 86 valence electrons. The molecule has 0 radical (unpaired) electrons. The molecule has 0 fully saturated rings. The van der Waals surface area contributed by atoms with Gasteiger partial charge < -0.3 is 14.6 Å². The minimum Gasteiger partial charge on any atom is -0.507 e. The first-order chi connectivity index (χ1) is 7.52. The standard InChI is InChI=1S/C11H12O5/c1-6-4-8(16-5-12)7(2)10(13)9(6)11(14)15-3/h4-5,13H,1-3H3. The predicted molar refractivity (Wildman–Crippen MR) is 55.6 cm³/mol. The Morgan fingerprint density at radius 1 is 1.44 bits per heavy atom. The summed E-state index contributed by atoms with van der Waals surface area (Å²) in [6, 6.07) is 1.50. The molecule has 0 amide bonds. The Bertz CT molecular complexity index is 436. The highest BCUT2D eigenvalue weighted by atomic mass is 16.5. The van der Waals surface area contributed by atoms with Crippen molar-refractivity contribution in [1.29, 1.82) is 0 Å². The first-order valence-electron chi connectivity index (χ1n) is 4.54. The van der Waals surface area contributed by atoms with Crippen LogP contribution < -0.4 is 4.74 Å². The molecule has 0 unspecified atom stereocenters. The monoisotopic (exact) mass is 224 g/mol. The van der Waals surface area contributed by atoms with Crippen LogP contribution >= 0.6 is 0 Å². The number of benzene rings is 1. The fourth-order valence-corrected chi connectivity index (χ4v) is 1.40. The van der Waals surface area contributed by atoms with Gasteiger partial charge in [-0.1, -0.05) is 0 Å². The smallest absolute Gasteiger partial charge is 0.341 e. The summed E-state index contributed by atoms with van der Waals surface area (Å²) in [5.74, 6) is -0.642. The highest BCUT2D eigenvalue weighted by Crippen LogP contribution is 2.33. The molecule has 0 saturated heterocycles. The quantitative estimate of drug-likeness (QED) is 0.619. The van der Waals surface area contributed by atoms with Gasteiger partial charge in [0.05, 0.1) is 7.11 Å². The number of carbonyl (C=O) groups is 2. The number of hydrogen-bond acceptors (Lipinski definition) is 5. The lowest BCUT2D eigenvalue weighted by Crippen LogP contribution is -2.06. The minimum absolute atomic E-state index is 0.0817. The molecule has 0 heterocycles. The van der Waals surface area contributed by atoms with Gasteiger partial charge in [0.2, 0.25) is 0 Å². The average Bonchev–Trinajstić information content (AvgIpc) is 2.25. The molecule has 5 nitrogen and oxygen atoms in total. The summed E-state index contributed by atoms with van der Waals surface area (Å²) < 4.78 is 9.22. The molecule has 1 aromatic rings. The first-order valence-corrected chi connectivity index (χ1v) is 4.54. The zero-order chi connectivity index (χ0) is 12.3. The molecule has 0 aromatic heterocycles. The Morgan fingerprint density at radius 2 is 2.06 bits per heavy atom. The molecule has 0 saturated carbocycles. The fourth-order valence-electron chi connectivity index (χ4n) is 1.40. The van der Waals surface area contributed by atoms with Gasteiger partial charge in [0.1, 0.15) is 17.1 Å². The predicted octanol–water partition coefficient (Wildman–Crippen LogP) is 1.33. The Morgan fingerprint density at radius 3 is 2.56 bits per heavy atom. The van der Waals surface area contributed by atoms with Crippen LogP contribution in [0.1, 0.15) is 21.5 Å². The Labute approximate surface area is 92.6 Å². The SMILES string of the molecule is COC(=O)c1c(C)cc(OC=O)c(C)c1O. The van der Waals surface area contributed by atoms with Crippen molar-refractivity contribution in [2.45, 2.75) is 13.8 Å². The number of rotatable bonds is 3. The second-order valence-electron chi connectivity index (χ2n) is 3.25. The van der Waals surface area contributed by atoms with Crippen LogP contribution in [0.3, 0.4) is 0 Å². The van der Waals surface area contributed by atoms with Crippen molar-refractivity contribution in [3.05, 3.63) is 22.8 Å². The molecular formula is C11H12O5. The lowest BCUT2D eigenvalue weighted by atomic mass is 10.0. The number of carbonyl (C=O) groups excluding carboxylic acids is 2. The van der Waals surface area contributed by atoms with Gasteiger partial charge in [-0.25, -0.2) is 4.79 Å². The van der Waals surface area contributed by atoms with Gasteiger partial charge in [0, 0.05) is 5.56 Å². The van der Waals surface area contributed by atoms with Crippen LogP contribution in [0.4, 0.5) is 0 Å². The van der Waals surface area contributed by atoms with E-state index in [1.807, 2.05) is 0 Å². The summed E-state index contributed by atoms with van der Waals surface area (Å²) in [6.07, 6.45) is 0. The topological polar surface area (TPSA) is 72.8 Å². The Hall–Kier alpha value is -2.04. The molecule has 1 N–H and O–H groups in total. The molecule has 0 atom stereocenters. The number of ether oxygens (including phenoxy) is 2. The number of phenolic OH excluding ortho intramolecular Hbond substituents is 1. The fraction of sp³-hybridized carbons (Fsp3) is 0.273. The highest BCUT2D eigenvalue weighted by molar-refractivity contribution is 5.95. The second kappa shape index (κ2) is 4.65. The van der Waals surface area contributed by atoms with Crippen LogP contribution in [0.15, 0.2) is 6.07 Å². The molecule has 0 bridgehead atoms. The molecular weight excluding hydrogens is 212 g/mol. The van der Waals surface area contributed by atoms with E-state index < -0.39 is 5.97 Å². The van der Waals surface area contributed by atoms with Crippen LogP contribution in [-0.4, -0.2) is 24.7 Å². The van der Waals surface area contributed by atoms with Gasteiger partial charge in [-0.2, -0.15) is 0 Å². The van der Waals surface area contributed by atoms with Crippen LogP contribution in [0, 0.1) is 13.8 Å².